The van der Waals surface area contributed by atoms with Gasteiger partial charge in [0.2, 0.25) is 11.9 Å². The van der Waals surface area contributed by atoms with Crippen LogP contribution in [0.4, 0.5) is 16.2 Å². The number of hydrogen-bond donors (Lipinski definition) is 1. The molecule has 0 spiro atoms. The lowest BCUT2D eigenvalue weighted by Gasteiger charge is -2.45. The Balaban J connectivity index is 1.42. The minimum atomic E-state index is -0.460. The van der Waals surface area contributed by atoms with Gasteiger partial charge < -0.3 is 20.0 Å². The molecule has 3 aliphatic rings. The van der Waals surface area contributed by atoms with Crippen LogP contribution in [0.2, 0.25) is 5.02 Å². The molecule has 4 heterocycles. The summed E-state index contributed by atoms with van der Waals surface area (Å²) in [6.07, 6.45) is 5.32. The van der Waals surface area contributed by atoms with E-state index >= 15 is 4.39 Å². The molecule has 2 aromatic carbocycles. The van der Waals surface area contributed by atoms with E-state index in [1.807, 2.05) is 54.9 Å². The predicted octanol–water partition coefficient (Wildman–Crippen LogP) is 5.10. The molecule has 1 amide bonds. The van der Waals surface area contributed by atoms with Crippen LogP contribution in [-0.4, -0.2) is 81.9 Å². The lowest BCUT2D eigenvalue weighted by atomic mass is 9.95. The Morgan fingerprint density at radius 1 is 1.12 bits per heavy atom. The van der Waals surface area contributed by atoms with E-state index in [9.17, 15) is 4.79 Å². The van der Waals surface area contributed by atoms with Crippen molar-refractivity contribution in [2.75, 3.05) is 43.0 Å². The predicted molar refractivity (Wildman–Crippen MR) is 169 cm³/mol. The number of halogens is 2. The van der Waals surface area contributed by atoms with E-state index in [2.05, 4.69) is 33.7 Å². The van der Waals surface area contributed by atoms with Crippen molar-refractivity contribution in [3.05, 3.63) is 53.5 Å². The lowest BCUT2D eigenvalue weighted by Crippen LogP contribution is -2.59. The standard InChI is InChI=1S/C32H36ClFN8O/c1-6-25(43)40-13-19(4)41(14-18(40)3)31-23-11-24(33)27(28(34)29(23)37-32(38-31)39-15-21(16-39)35-5)26-17(2)7-8-20-12-36-42(30(20)26)22-9-10-22/h6-8,11-12,18-19,21-22,35H,1,9-10,13-16H2,2-5H3/t18-,19+/m1/s1. The second-order valence-corrected chi connectivity index (χ2v) is 12.6. The molecule has 0 bridgehead atoms. The van der Waals surface area contributed by atoms with Crippen LogP contribution in [0.15, 0.2) is 37.1 Å². The number of fused-ring (bicyclic) bond motifs is 2. The van der Waals surface area contributed by atoms with Crippen LogP contribution in [0.25, 0.3) is 32.9 Å². The van der Waals surface area contributed by atoms with Crippen molar-refractivity contribution in [3.8, 4) is 11.1 Å². The van der Waals surface area contributed by atoms with E-state index in [-0.39, 0.29) is 23.5 Å². The maximum Gasteiger partial charge on any atom is 0.246 e. The minimum absolute atomic E-state index is 0.0714. The minimum Gasteiger partial charge on any atom is -0.349 e. The normalized spacial score (nSPS) is 21.1. The monoisotopic (exact) mass is 602 g/mol. The average molecular weight is 603 g/mol. The van der Waals surface area contributed by atoms with Crippen molar-refractivity contribution in [2.45, 2.75) is 57.8 Å². The van der Waals surface area contributed by atoms with Crippen LogP contribution in [0, 0.1) is 12.7 Å². The van der Waals surface area contributed by atoms with Crippen molar-refractivity contribution in [1.82, 2.24) is 30.0 Å². The van der Waals surface area contributed by atoms with Gasteiger partial charge >= 0.3 is 0 Å². The average Bonchev–Trinajstić information content (AvgIpc) is 3.72. The summed E-state index contributed by atoms with van der Waals surface area (Å²) in [5.74, 6) is 0.560. The van der Waals surface area contributed by atoms with Gasteiger partial charge in [0, 0.05) is 66.2 Å². The van der Waals surface area contributed by atoms with Crippen molar-refractivity contribution < 1.29 is 9.18 Å². The molecule has 3 fully saturated rings. The molecule has 1 saturated carbocycles. The molecule has 2 aliphatic heterocycles. The fourth-order valence-electron chi connectivity index (χ4n) is 6.58. The first-order chi connectivity index (χ1) is 20.7. The number of benzene rings is 2. The molecule has 0 radical (unpaired) electrons. The van der Waals surface area contributed by atoms with Crippen molar-refractivity contribution in [3.63, 3.8) is 0 Å². The number of carbonyl (C=O) groups excluding carboxylic acids is 1. The number of aromatic nitrogens is 4. The number of anilines is 2. The number of nitrogens with one attached hydrogen (secondary N) is 1. The Hall–Kier alpha value is -3.76. The maximum absolute atomic E-state index is 17.1. The van der Waals surface area contributed by atoms with Crippen molar-refractivity contribution in [1.29, 1.82) is 0 Å². The Bertz CT molecular complexity index is 1780. The summed E-state index contributed by atoms with van der Waals surface area (Å²) < 4.78 is 19.1. The SMILES string of the molecule is C=CC(=O)N1C[C@H](C)N(c2nc(N3CC(NC)C3)nc3c(F)c(-c4c(C)ccc5cnn(C6CC6)c45)c(Cl)cc23)C[C@H]1C. The van der Waals surface area contributed by atoms with Crippen LogP contribution in [0.1, 0.15) is 38.3 Å². The number of aryl methyl sites for hydroxylation is 1. The first kappa shape index (κ1) is 28.0. The van der Waals surface area contributed by atoms with Gasteiger partial charge in [0.1, 0.15) is 11.3 Å². The van der Waals surface area contributed by atoms with Crippen LogP contribution >= 0.6 is 11.6 Å². The first-order valence-electron chi connectivity index (χ1n) is 15.0. The Labute approximate surface area is 255 Å². The van der Waals surface area contributed by atoms with Crippen molar-refractivity contribution >= 4 is 51.1 Å². The summed E-state index contributed by atoms with van der Waals surface area (Å²) in [4.78, 5) is 28.5. The number of amides is 1. The van der Waals surface area contributed by atoms with Gasteiger partial charge in [-0.1, -0.05) is 30.3 Å². The third-order valence-electron chi connectivity index (χ3n) is 9.25. The van der Waals surface area contributed by atoms with E-state index in [1.54, 1.807) is 0 Å². The lowest BCUT2D eigenvalue weighted by molar-refractivity contribution is -0.128. The highest BCUT2D eigenvalue weighted by molar-refractivity contribution is 6.35. The third kappa shape index (κ3) is 4.53. The Morgan fingerprint density at radius 2 is 1.88 bits per heavy atom. The van der Waals surface area contributed by atoms with E-state index in [4.69, 9.17) is 21.6 Å². The number of rotatable bonds is 6. The van der Waals surface area contributed by atoms with Crippen LogP contribution in [0.3, 0.4) is 0 Å². The second kappa shape index (κ2) is 10.4. The van der Waals surface area contributed by atoms with Gasteiger partial charge in [-0.2, -0.15) is 10.1 Å². The largest absolute Gasteiger partial charge is 0.349 e. The highest BCUT2D eigenvalue weighted by Gasteiger charge is 2.36. The number of hydrogen-bond acceptors (Lipinski definition) is 7. The molecule has 9 nitrogen and oxygen atoms in total. The summed E-state index contributed by atoms with van der Waals surface area (Å²) in [5.41, 5.74) is 3.17. The van der Waals surface area contributed by atoms with Gasteiger partial charge in [-0.25, -0.2) is 9.37 Å². The van der Waals surface area contributed by atoms with Crippen LogP contribution < -0.4 is 15.1 Å². The summed E-state index contributed by atoms with van der Waals surface area (Å²) in [6.45, 7) is 12.2. The van der Waals surface area contributed by atoms with Gasteiger partial charge in [0.25, 0.3) is 0 Å². The van der Waals surface area contributed by atoms with E-state index < -0.39 is 5.82 Å². The van der Waals surface area contributed by atoms with Gasteiger partial charge in [-0.05, 0) is 58.4 Å². The number of piperazine rings is 1. The molecule has 4 aromatic rings. The molecule has 7 rings (SSSR count). The van der Waals surface area contributed by atoms with Crippen LogP contribution in [0.5, 0.6) is 0 Å². The van der Waals surface area contributed by atoms with E-state index in [0.29, 0.717) is 52.9 Å². The van der Waals surface area contributed by atoms with E-state index in [1.165, 1.54) is 6.08 Å². The molecule has 2 saturated heterocycles. The Kier molecular flexibility index (Phi) is 6.81. The molecule has 1 N–H and O–H groups in total. The van der Waals surface area contributed by atoms with Gasteiger partial charge in [-0.3, -0.25) is 9.48 Å². The first-order valence-corrected chi connectivity index (χ1v) is 15.4. The highest BCUT2D eigenvalue weighted by Crippen LogP contribution is 2.45. The summed E-state index contributed by atoms with van der Waals surface area (Å²) in [6, 6.07) is 6.33. The molecular weight excluding hydrogens is 567 g/mol. The molecule has 224 valence electrons. The molecule has 2 aromatic heterocycles. The fraction of sp³-hybridized carbons (Fsp3) is 0.438. The quantitative estimate of drug-likeness (QED) is 0.308. The zero-order chi connectivity index (χ0) is 30.2. The molecular formula is C32H36ClFN8O. The smallest absolute Gasteiger partial charge is 0.246 e. The Morgan fingerprint density at radius 3 is 2.58 bits per heavy atom. The van der Waals surface area contributed by atoms with Gasteiger partial charge in [0.05, 0.1) is 22.8 Å². The number of likely N-dealkylation sites (N-methyl/N-ethyl adjacent to an activating group) is 1. The highest BCUT2D eigenvalue weighted by atomic mass is 35.5. The number of carbonyl (C=O) groups is 1. The summed E-state index contributed by atoms with van der Waals surface area (Å²) in [5, 5.41) is 9.78. The van der Waals surface area contributed by atoms with Gasteiger partial charge in [-0.15, -0.1) is 0 Å². The van der Waals surface area contributed by atoms with Crippen LogP contribution in [-0.2, 0) is 4.79 Å². The third-order valence-corrected chi connectivity index (χ3v) is 9.55. The molecule has 43 heavy (non-hydrogen) atoms. The number of nitrogens with zero attached hydrogens (tertiary/aromatic N) is 7. The molecule has 11 heteroatoms. The van der Waals surface area contributed by atoms with E-state index in [0.717, 1.165) is 48.0 Å². The van der Waals surface area contributed by atoms with Crippen molar-refractivity contribution in [2.24, 2.45) is 0 Å². The topological polar surface area (TPSA) is 82.4 Å². The molecule has 2 atom stereocenters. The molecule has 1 aliphatic carbocycles. The zero-order valence-corrected chi connectivity index (χ0v) is 25.7. The second-order valence-electron chi connectivity index (χ2n) is 12.2. The zero-order valence-electron chi connectivity index (χ0n) is 24.9. The fourth-order valence-corrected chi connectivity index (χ4v) is 6.87. The maximum atomic E-state index is 17.1. The molecule has 0 unspecified atom stereocenters. The summed E-state index contributed by atoms with van der Waals surface area (Å²) in [7, 11) is 1.94. The van der Waals surface area contributed by atoms with Gasteiger partial charge in [0.15, 0.2) is 5.82 Å². The summed E-state index contributed by atoms with van der Waals surface area (Å²) >= 11 is 7.04.